The summed E-state index contributed by atoms with van der Waals surface area (Å²) in [6.07, 6.45) is 0. The molecule has 0 saturated carbocycles. The quantitative estimate of drug-likeness (QED) is 0.503. The molecule has 27 heavy (non-hydrogen) atoms. The average Bonchev–Trinajstić information content (AvgIpc) is 2.69. The molecule has 0 aromatic heterocycles. The van der Waals surface area contributed by atoms with Crippen molar-refractivity contribution < 1.29 is 19.4 Å². The fourth-order valence-corrected chi connectivity index (χ4v) is 2.52. The number of hydrogen-bond acceptors (Lipinski definition) is 4. The Morgan fingerprint density at radius 3 is 2.44 bits per heavy atom. The molecule has 2 N–H and O–H groups in total. The number of benzene rings is 3. The van der Waals surface area contributed by atoms with Crippen LogP contribution in [0.3, 0.4) is 0 Å². The summed E-state index contributed by atoms with van der Waals surface area (Å²) in [5.41, 5.74) is 2.00. The number of phenolic OH excluding ortho intramolecular Hbond substituents is 1. The van der Waals surface area contributed by atoms with E-state index >= 15 is 0 Å². The van der Waals surface area contributed by atoms with E-state index in [9.17, 15) is 14.7 Å². The third kappa shape index (κ3) is 4.73. The van der Waals surface area contributed by atoms with Crippen molar-refractivity contribution in [1.29, 1.82) is 0 Å². The first-order valence-electron chi connectivity index (χ1n) is 8.45. The van der Waals surface area contributed by atoms with Gasteiger partial charge in [0.1, 0.15) is 18.1 Å². The van der Waals surface area contributed by atoms with Gasteiger partial charge in [-0.3, -0.25) is 9.59 Å². The van der Waals surface area contributed by atoms with Crippen molar-refractivity contribution in [2.75, 3.05) is 5.32 Å². The van der Waals surface area contributed by atoms with E-state index in [0.717, 1.165) is 5.56 Å². The first kappa shape index (κ1) is 18.2. The van der Waals surface area contributed by atoms with E-state index < -0.39 is 5.91 Å². The number of anilines is 1. The fraction of sp³-hybridized carbons (Fsp3) is 0.0909. The van der Waals surface area contributed by atoms with E-state index in [0.29, 0.717) is 23.5 Å². The molecule has 0 aliphatic rings. The molecule has 0 saturated heterocycles. The molecule has 0 fully saturated rings. The zero-order chi connectivity index (χ0) is 19.2. The normalized spacial score (nSPS) is 10.3. The van der Waals surface area contributed by atoms with Crippen LogP contribution in [0.1, 0.15) is 33.2 Å². The number of amides is 1. The number of carbonyl (C=O) groups excluding carboxylic acids is 2. The monoisotopic (exact) mass is 361 g/mol. The van der Waals surface area contributed by atoms with Crippen molar-refractivity contribution in [3.8, 4) is 11.5 Å². The van der Waals surface area contributed by atoms with Gasteiger partial charge < -0.3 is 15.2 Å². The van der Waals surface area contributed by atoms with Crippen LogP contribution in [-0.2, 0) is 6.61 Å². The third-order valence-electron chi connectivity index (χ3n) is 4.00. The minimum Gasteiger partial charge on any atom is -0.506 e. The van der Waals surface area contributed by atoms with Crippen LogP contribution in [0.4, 0.5) is 5.69 Å². The molecule has 0 atom stereocenters. The highest BCUT2D eigenvalue weighted by molar-refractivity contribution is 6.06. The highest BCUT2D eigenvalue weighted by Gasteiger charge is 2.12. The first-order chi connectivity index (χ1) is 13.0. The summed E-state index contributed by atoms with van der Waals surface area (Å²) in [6, 6.07) is 20.8. The molecular formula is C22H19NO4. The van der Waals surface area contributed by atoms with Gasteiger partial charge >= 0.3 is 0 Å². The molecule has 0 radical (unpaired) electrons. The van der Waals surface area contributed by atoms with Crippen molar-refractivity contribution >= 4 is 17.4 Å². The largest absolute Gasteiger partial charge is 0.506 e. The number of rotatable bonds is 6. The Morgan fingerprint density at radius 1 is 0.926 bits per heavy atom. The number of phenols is 1. The second-order valence-corrected chi connectivity index (χ2v) is 6.04. The fourth-order valence-electron chi connectivity index (χ4n) is 2.52. The molecule has 3 rings (SSSR count). The Balaban J connectivity index is 1.72. The van der Waals surface area contributed by atoms with Gasteiger partial charge in [0.25, 0.3) is 5.91 Å². The van der Waals surface area contributed by atoms with Crippen LogP contribution >= 0.6 is 0 Å². The van der Waals surface area contributed by atoms with Gasteiger partial charge in [-0.25, -0.2) is 0 Å². The molecule has 0 aliphatic carbocycles. The van der Waals surface area contributed by atoms with Crippen molar-refractivity contribution in [2.45, 2.75) is 13.5 Å². The number of ether oxygens (including phenoxy) is 1. The lowest BCUT2D eigenvalue weighted by Gasteiger charge is -2.10. The van der Waals surface area contributed by atoms with Crippen LogP contribution in [0, 0.1) is 0 Å². The molecule has 3 aromatic carbocycles. The molecule has 0 spiro atoms. The van der Waals surface area contributed by atoms with Gasteiger partial charge in [0.2, 0.25) is 0 Å². The van der Waals surface area contributed by atoms with Gasteiger partial charge in [-0.15, -0.1) is 0 Å². The van der Waals surface area contributed by atoms with Crippen LogP contribution in [0.5, 0.6) is 11.5 Å². The van der Waals surface area contributed by atoms with E-state index in [2.05, 4.69) is 5.32 Å². The average molecular weight is 361 g/mol. The lowest BCUT2D eigenvalue weighted by Crippen LogP contribution is -2.12. The van der Waals surface area contributed by atoms with Gasteiger partial charge in [-0.2, -0.15) is 0 Å². The van der Waals surface area contributed by atoms with E-state index in [-0.39, 0.29) is 17.2 Å². The number of nitrogens with one attached hydrogen (secondary N) is 1. The second-order valence-electron chi connectivity index (χ2n) is 6.04. The Labute approximate surface area is 157 Å². The Hall–Kier alpha value is -3.60. The smallest absolute Gasteiger partial charge is 0.255 e. The Bertz CT molecular complexity index is 967. The summed E-state index contributed by atoms with van der Waals surface area (Å²) < 4.78 is 5.73. The number of Topliss-reactive ketones (excluding diaryl/α,β-unsaturated/α-hetero) is 1. The summed E-state index contributed by atoms with van der Waals surface area (Å²) in [4.78, 5) is 24.0. The van der Waals surface area contributed by atoms with Crippen LogP contribution in [-0.4, -0.2) is 16.8 Å². The summed E-state index contributed by atoms with van der Waals surface area (Å²) in [5, 5.41) is 12.6. The molecule has 136 valence electrons. The maximum absolute atomic E-state index is 12.5. The van der Waals surface area contributed by atoms with Crippen molar-refractivity contribution in [2.24, 2.45) is 0 Å². The molecule has 0 unspecified atom stereocenters. The van der Waals surface area contributed by atoms with E-state index in [1.165, 1.54) is 25.1 Å². The topological polar surface area (TPSA) is 75.6 Å². The predicted octanol–water partition coefficient (Wildman–Crippen LogP) is 4.43. The maximum Gasteiger partial charge on any atom is 0.255 e. The maximum atomic E-state index is 12.5. The minimum atomic E-state index is -0.406. The summed E-state index contributed by atoms with van der Waals surface area (Å²) in [7, 11) is 0. The van der Waals surface area contributed by atoms with Crippen LogP contribution < -0.4 is 10.1 Å². The molecule has 0 aliphatic heterocycles. The highest BCUT2D eigenvalue weighted by atomic mass is 16.5. The SMILES string of the molecule is CC(=O)c1ccc(O)c(NC(=O)c2cccc(OCc3ccccc3)c2)c1. The molecule has 1 amide bonds. The van der Waals surface area contributed by atoms with Gasteiger partial charge in [0.05, 0.1) is 5.69 Å². The lowest BCUT2D eigenvalue weighted by molar-refractivity contribution is 0.101. The van der Waals surface area contributed by atoms with Crippen molar-refractivity contribution in [1.82, 2.24) is 0 Å². The van der Waals surface area contributed by atoms with E-state index in [4.69, 9.17) is 4.74 Å². The molecule has 5 nitrogen and oxygen atoms in total. The number of hydrogen-bond donors (Lipinski definition) is 2. The zero-order valence-corrected chi connectivity index (χ0v) is 14.8. The van der Waals surface area contributed by atoms with E-state index in [1.807, 2.05) is 30.3 Å². The van der Waals surface area contributed by atoms with Gasteiger partial charge in [0, 0.05) is 11.1 Å². The molecule has 0 bridgehead atoms. The Kier molecular flexibility index (Phi) is 5.52. The van der Waals surface area contributed by atoms with Gasteiger partial charge in [-0.1, -0.05) is 36.4 Å². The summed E-state index contributed by atoms with van der Waals surface area (Å²) in [6.45, 7) is 1.82. The van der Waals surface area contributed by atoms with Crippen LogP contribution in [0.2, 0.25) is 0 Å². The summed E-state index contributed by atoms with van der Waals surface area (Å²) in [5.74, 6) is -0.101. The molecule has 3 aromatic rings. The third-order valence-corrected chi connectivity index (χ3v) is 4.00. The molecule has 5 heteroatoms. The summed E-state index contributed by atoms with van der Waals surface area (Å²) >= 11 is 0. The van der Waals surface area contributed by atoms with Crippen LogP contribution in [0.25, 0.3) is 0 Å². The number of carbonyl (C=O) groups is 2. The standard InChI is InChI=1S/C22H19NO4/c1-15(24)17-10-11-21(25)20(13-17)23-22(26)18-8-5-9-19(12-18)27-14-16-6-3-2-4-7-16/h2-13,25H,14H2,1H3,(H,23,26). The van der Waals surface area contributed by atoms with Gasteiger partial charge in [-0.05, 0) is 48.9 Å². The Morgan fingerprint density at radius 2 is 1.70 bits per heavy atom. The van der Waals surface area contributed by atoms with Gasteiger partial charge in [0.15, 0.2) is 5.78 Å². The predicted molar refractivity (Wildman–Crippen MR) is 103 cm³/mol. The second kappa shape index (κ2) is 8.19. The lowest BCUT2D eigenvalue weighted by atomic mass is 10.1. The van der Waals surface area contributed by atoms with Crippen LogP contribution in [0.15, 0.2) is 72.8 Å². The minimum absolute atomic E-state index is 0.107. The first-order valence-corrected chi connectivity index (χ1v) is 8.45. The zero-order valence-electron chi connectivity index (χ0n) is 14.8. The molecular weight excluding hydrogens is 342 g/mol. The van der Waals surface area contributed by atoms with E-state index in [1.54, 1.807) is 24.3 Å². The number of ketones is 1. The van der Waals surface area contributed by atoms with Crippen molar-refractivity contribution in [3.63, 3.8) is 0 Å². The number of aromatic hydroxyl groups is 1. The molecule has 0 heterocycles. The highest BCUT2D eigenvalue weighted by Crippen LogP contribution is 2.25. The van der Waals surface area contributed by atoms with Crippen molar-refractivity contribution in [3.05, 3.63) is 89.5 Å².